The molecule has 0 aliphatic carbocycles. The number of para-hydroxylation sites is 1. The standard InChI is InChI=1S/C16H15Cl2NO6S2/c17-12-8-11(9-13(18)14(12)20)27(23,24)19-6-7-26-16(15(21)22)25-10-4-2-1-3-5-10/h1-5,8-9,16,19-20H,6-7H2,(H,21,22). The van der Waals surface area contributed by atoms with Crippen LogP contribution in [0.4, 0.5) is 0 Å². The second-order valence-corrected chi connectivity index (χ2v) is 8.86. The number of aromatic hydroxyl groups is 1. The van der Waals surface area contributed by atoms with E-state index in [1.165, 1.54) is 0 Å². The first-order valence-corrected chi connectivity index (χ1v) is 10.7. The monoisotopic (exact) mass is 451 g/mol. The number of sulfonamides is 1. The molecule has 0 spiro atoms. The number of hydrogen-bond acceptors (Lipinski definition) is 6. The number of benzene rings is 2. The normalized spacial score (nSPS) is 12.5. The van der Waals surface area contributed by atoms with E-state index in [0.717, 1.165) is 23.9 Å². The van der Waals surface area contributed by atoms with Gasteiger partial charge in [-0.15, -0.1) is 11.8 Å². The molecule has 0 bridgehead atoms. The topological polar surface area (TPSA) is 113 Å². The highest BCUT2D eigenvalue weighted by atomic mass is 35.5. The van der Waals surface area contributed by atoms with Crippen LogP contribution < -0.4 is 9.46 Å². The number of carbonyl (C=O) groups is 1. The summed E-state index contributed by atoms with van der Waals surface area (Å²) >= 11 is 12.4. The smallest absolute Gasteiger partial charge is 0.355 e. The molecule has 2 rings (SSSR count). The van der Waals surface area contributed by atoms with Gasteiger partial charge in [0, 0.05) is 12.3 Å². The van der Waals surface area contributed by atoms with Crippen molar-refractivity contribution < 1.29 is 28.2 Å². The molecular weight excluding hydrogens is 437 g/mol. The highest BCUT2D eigenvalue weighted by Gasteiger charge is 2.21. The van der Waals surface area contributed by atoms with E-state index in [-0.39, 0.29) is 27.2 Å². The molecule has 146 valence electrons. The molecule has 0 aromatic heterocycles. The summed E-state index contributed by atoms with van der Waals surface area (Å²) in [5.74, 6) is -1.05. The predicted octanol–water partition coefficient (Wildman–Crippen LogP) is 3.20. The number of ether oxygens (including phenoxy) is 1. The number of phenols is 1. The highest BCUT2D eigenvalue weighted by Crippen LogP contribution is 2.34. The van der Waals surface area contributed by atoms with E-state index in [9.17, 15) is 23.4 Å². The number of aliphatic carboxylic acids is 1. The largest absolute Gasteiger partial charge is 0.505 e. The molecule has 1 unspecified atom stereocenters. The fraction of sp³-hybridized carbons (Fsp3) is 0.188. The van der Waals surface area contributed by atoms with Gasteiger partial charge in [0.1, 0.15) is 5.75 Å². The maximum absolute atomic E-state index is 12.3. The van der Waals surface area contributed by atoms with Crippen molar-refractivity contribution >= 4 is 51.0 Å². The molecule has 0 amide bonds. The van der Waals surface area contributed by atoms with Crippen molar-refractivity contribution in [2.75, 3.05) is 12.3 Å². The Hall–Kier alpha value is -1.65. The zero-order valence-corrected chi connectivity index (χ0v) is 16.8. The van der Waals surface area contributed by atoms with Crippen molar-refractivity contribution in [1.29, 1.82) is 0 Å². The Bertz CT molecular complexity index is 885. The van der Waals surface area contributed by atoms with Gasteiger partial charge in [0.05, 0.1) is 14.9 Å². The molecule has 0 heterocycles. The second-order valence-electron chi connectivity index (χ2n) is 5.11. The van der Waals surface area contributed by atoms with Gasteiger partial charge < -0.3 is 14.9 Å². The Balaban J connectivity index is 1.93. The number of thioether (sulfide) groups is 1. The summed E-state index contributed by atoms with van der Waals surface area (Å²) in [6.07, 6.45) is 0. The van der Waals surface area contributed by atoms with Gasteiger partial charge in [-0.1, -0.05) is 41.4 Å². The van der Waals surface area contributed by atoms with E-state index < -0.39 is 27.2 Å². The van der Waals surface area contributed by atoms with Gasteiger partial charge in [-0.3, -0.25) is 0 Å². The van der Waals surface area contributed by atoms with Crippen LogP contribution in [0.3, 0.4) is 0 Å². The van der Waals surface area contributed by atoms with Crippen molar-refractivity contribution in [1.82, 2.24) is 4.72 Å². The Morgan fingerprint density at radius 2 is 1.78 bits per heavy atom. The summed E-state index contributed by atoms with van der Waals surface area (Å²) in [4.78, 5) is 11.1. The van der Waals surface area contributed by atoms with Gasteiger partial charge in [0.2, 0.25) is 15.5 Å². The molecule has 0 aliphatic rings. The minimum absolute atomic E-state index is 0.0506. The number of phenolic OH excluding ortho intramolecular Hbond substituents is 1. The average Bonchev–Trinajstić information content (AvgIpc) is 2.62. The number of carboxylic acid groups (broad SMARTS) is 1. The Morgan fingerprint density at radius 1 is 1.19 bits per heavy atom. The zero-order chi connectivity index (χ0) is 20.0. The van der Waals surface area contributed by atoms with Crippen LogP contribution in [0, 0.1) is 0 Å². The maximum Gasteiger partial charge on any atom is 0.355 e. The maximum atomic E-state index is 12.3. The van der Waals surface area contributed by atoms with Crippen LogP contribution in [-0.4, -0.2) is 42.3 Å². The summed E-state index contributed by atoms with van der Waals surface area (Å²) in [5, 5.41) is 18.3. The first-order chi connectivity index (χ1) is 12.7. The molecule has 0 saturated heterocycles. The van der Waals surface area contributed by atoms with Gasteiger partial charge in [-0.05, 0) is 24.3 Å². The van der Waals surface area contributed by atoms with Crippen LogP contribution in [0.15, 0.2) is 47.4 Å². The third kappa shape index (κ3) is 6.18. The van der Waals surface area contributed by atoms with Crippen LogP contribution in [0.2, 0.25) is 10.0 Å². The summed E-state index contributed by atoms with van der Waals surface area (Å²) < 4.78 is 32.2. The number of carboxylic acids is 1. The molecule has 0 radical (unpaired) electrons. The summed E-state index contributed by atoms with van der Waals surface area (Å²) in [6.45, 7) is -0.0506. The molecule has 2 aromatic carbocycles. The zero-order valence-electron chi connectivity index (χ0n) is 13.6. The van der Waals surface area contributed by atoms with Gasteiger partial charge in [0.15, 0.2) is 5.75 Å². The molecule has 3 N–H and O–H groups in total. The van der Waals surface area contributed by atoms with Crippen LogP contribution in [0.5, 0.6) is 11.5 Å². The molecule has 7 nitrogen and oxygen atoms in total. The van der Waals surface area contributed by atoms with Gasteiger partial charge in [0.25, 0.3) is 0 Å². The summed E-state index contributed by atoms with van der Waals surface area (Å²) in [6, 6.07) is 10.6. The molecular formula is C16H15Cl2NO6S2. The lowest BCUT2D eigenvalue weighted by molar-refractivity contribution is -0.140. The van der Waals surface area contributed by atoms with E-state index in [4.69, 9.17) is 27.9 Å². The molecule has 1 atom stereocenters. The molecule has 27 heavy (non-hydrogen) atoms. The molecule has 0 saturated carbocycles. The van der Waals surface area contributed by atoms with E-state index in [1.54, 1.807) is 30.3 Å². The van der Waals surface area contributed by atoms with Gasteiger partial charge >= 0.3 is 5.97 Å². The number of halogens is 2. The SMILES string of the molecule is O=C(O)C(Oc1ccccc1)SCCNS(=O)(=O)c1cc(Cl)c(O)c(Cl)c1. The van der Waals surface area contributed by atoms with E-state index in [0.29, 0.717) is 5.75 Å². The highest BCUT2D eigenvalue weighted by molar-refractivity contribution is 8.00. The lowest BCUT2D eigenvalue weighted by Crippen LogP contribution is -2.29. The van der Waals surface area contributed by atoms with Crippen molar-refractivity contribution in [3.05, 3.63) is 52.5 Å². The quantitative estimate of drug-likeness (QED) is 0.396. The fourth-order valence-corrected chi connectivity index (χ4v) is 4.49. The number of rotatable bonds is 9. The van der Waals surface area contributed by atoms with Gasteiger partial charge in [-0.25, -0.2) is 17.9 Å². The van der Waals surface area contributed by atoms with Crippen LogP contribution in [0.25, 0.3) is 0 Å². The van der Waals surface area contributed by atoms with Crippen LogP contribution in [-0.2, 0) is 14.8 Å². The summed E-state index contributed by atoms with van der Waals surface area (Å²) in [7, 11) is -3.93. The Labute approximate surface area is 170 Å². The Morgan fingerprint density at radius 3 is 2.33 bits per heavy atom. The minimum atomic E-state index is -3.93. The van der Waals surface area contributed by atoms with Gasteiger partial charge in [-0.2, -0.15) is 0 Å². The number of nitrogens with one attached hydrogen (secondary N) is 1. The minimum Gasteiger partial charge on any atom is -0.505 e. The van der Waals surface area contributed by atoms with Crippen molar-refractivity contribution in [2.45, 2.75) is 10.3 Å². The average molecular weight is 452 g/mol. The molecule has 2 aromatic rings. The Kier molecular flexibility index (Phi) is 7.63. The van der Waals surface area contributed by atoms with Crippen LogP contribution in [0.1, 0.15) is 0 Å². The van der Waals surface area contributed by atoms with Crippen molar-refractivity contribution in [2.24, 2.45) is 0 Å². The first-order valence-electron chi connectivity index (χ1n) is 7.44. The second kappa shape index (κ2) is 9.52. The van der Waals surface area contributed by atoms with E-state index in [2.05, 4.69) is 4.72 Å². The molecule has 11 heteroatoms. The predicted molar refractivity (Wildman–Crippen MR) is 104 cm³/mol. The van der Waals surface area contributed by atoms with E-state index >= 15 is 0 Å². The molecule has 0 fully saturated rings. The van der Waals surface area contributed by atoms with E-state index in [1.807, 2.05) is 0 Å². The van der Waals surface area contributed by atoms with Crippen molar-refractivity contribution in [3.63, 3.8) is 0 Å². The lowest BCUT2D eigenvalue weighted by atomic mass is 10.3. The summed E-state index contributed by atoms with van der Waals surface area (Å²) in [5.41, 5.74) is -1.19. The first kappa shape index (κ1) is 21.6. The van der Waals surface area contributed by atoms with Crippen molar-refractivity contribution in [3.8, 4) is 11.5 Å². The fourth-order valence-electron chi connectivity index (χ4n) is 1.90. The third-order valence-electron chi connectivity index (χ3n) is 3.15. The lowest BCUT2D eigenvalue weighted by Gasteiger charge is -2.15. The molecule has 0 aliphatic heterocycles. The number of hydrogen-bond donors (Lipinski definition) is 3. The third-order valence-corrected chi connectivity index (χ3v) is 6.21. The van der Waals surface area contributed by atoms with Crippen LogP contribution >= 0.6 is 35.0 Å².